The Kier molecular flexibility index (Phi) is 3.00. The number of β-amino-alcohol motifs (C(OH)–C–C–N with tert-alkyl or cyclic N) is 2. The van der Waals surface area contributed by atoms with E-state index < -0.39 is 11.2 Å². The number of likely N-dealkylation sites (tertiary alicyclic amines) is 1. The molecule has 1 saturated heterocycles. The summed E-state index contributed by atoms with van der Waals surface area (Å²) in [7, 11) is 0. The van der Waals surface area contributed by atoms with Gasteiger partial charge in [-0.1, -0.05) is 6.92 Å². The summed E-state index contributed by atoms with van der Waals surface area (Å²) in [5.41, 5.74) is -1.16. The van der Waals surface area contributed by atoms with Crippen molar-refractivity contribution in [1.82, 2.24) is 4.90 Å². The summed E-state index contributed by atoms with van der Waals surface area (Å²) >= 11 is 0. The zero-order chi connectivity index (χ0) is 10.1. The van der Waals surface area contributed by atoms with Crippen LogP contribution >= 0.6 is 0 Å². The Bertz CT molecular complexity index is 178. The van der Waals surface area contributed by atoms with Gasteiger partial charge < -0.3 is 10.2 Å². The summed E-state index contributed by atoms with van der Waals surface area (Å²) in [6.07, 6.45) is 1.57. The lowest BCUT2D eigenvalue weighted by Crippen LogP contribution is -2.41. The van der Waals surface area contributed by atoms with Crippen LogP contribution in [0.1, 0.15) is 33.6 Å². The Labute approximate surface area is 80.4 Å². The summed E-state index contributed by atoms with van der Waals surface area (Å²) in [6, 6.07) is 0. The molecule has 2 atom stereocenters. The first-order valence-electron chi connectivity index (χ1n) is 5.02. The predicted octanol–water partition coefficient (Wildman–Crippen LogP) is 0.604. The minimum atomic E-state index is -0.611. The lowest BCUT2D eigenvalue weighted by molar-refractivity contribution is 0.0109. The average molecular weight is 187 g/mol. The molecule has 0 aromatic heterocycles. The smallest absolute Gasteiger partial charge is 0.0758 e. The molecule has 78 valence electrons. The van der Waals surface area contributed by atoms with Crippen LogP contribution in [-0.4, -0.2) is 45.9 Å². The van der Waals surface area contributed by atoms with Crippen molar-refractivity contribution in [2.75, 3.05) is 19.6 Å². The van der Waals surface area contributed by atoms with E-state index in [1.165, 1.54) is 0 Å². The molecule has 2 N–H and O–H groups in total. The molecular formula is C10H21NO2. The van der Waals surface area contributed by atoms with Crippen molar-refractivity contribution in [3.8, 4) is 0 Å². The van der Waals surface area contributed by atoms with Crippen LogP contribution < -0.4 is 0 Å². The normalized spacial score (nSPS) is 34.8. The first-order chi connectivity index (χ1) is 5.85. The fraction of sp³-hybridized carbons (Fsp3) is 1.00. The number of rotatable bonds is 3. The van der Waals surface area contributed by atoms with Gasteiger partial charge >= 0.3 is 0 Å². The largest absolute Gasteiger partial charge is 0.389 e. The summed E-state index contributed by atoms with van der Waals surface area (Å²) < 4.78 is 0. The molecule has 0 aromatic carbocycles. The van der Waals surface area contributed by atoms with Gasteiger partial charge in [-0.15, -0.1) is 0 Å². The molecule has 1 rings (SSSR count). The van der Waals surface area contributed by atoms with Gasteiger partial charge in [-0.25, -0.2) is 0 Å². The first-order valence-corrected chi connectivity index (χ1v) is 5.02. The Morgan fingerprint density at radius 3 is 2.54 bits per heavy atom. The minimum absolute atomic E-state index is 0.552. The molecule has 0 spiro atoms. The van der Waals surface area contributed by atoms with Gasteiger partial charge in [0, 0.05) is 19.6 Å². The van der Waals surface area contributed by atoms with Gasteiger partial charge in [-0.2, -0.15) is 0 Å². The van der Waals surface area contributed by atoms with Crippen molar-refractivity contribution < 1.29 is 10.2 Å². The third-order valence-corrected chi connectivity index (χ3v) is 2.86. The molecule has 1 aliphatic rings. The highest BCUT2D eigenvalue weighted by Gasteiger charge is 2.34. The zero-order valence-electron chi connectivity index (χ0n) is 8.88. The van der Waals surface area contributed by atoms with Crippen LogP contribution in [0.15, 0.2) is 0 Å². The third-order valence-electron chi connectivity index (χ3n) is 2.86. The van der Waals surface area contributed by atoms with Crippen LogP contribution in [0, 0.1) is 0 Å². The van der Waals surface area contributed by atoms with E-state index in [-0.39, 0.29) is 0 Å². The number of hydrogen-bond acceptors (Lipinski definition) is 3. The second kappa shape index (κ2) is 3.56. The Balaban J connectivity index is 2.40. The lowest BCUT2D eigenvalue weighted by atomic mass is 10.0. The number of nitrogens with zero attached hydrogens (tertiary/aromatic N) is 1. The van der Waals surface area contributed by atoms with Crippen LogP contribution in [0.2, 0.25) is 0 Å². The van der Waals surface area contributed by atoms with Crippen LogP contribution in [0.25, 0.3) is 0 Å². The van der Waals surface area contributed by atoms with Gasteiger partial charge in [-0.05, 0) is 26.7 Å². The molecule has 0 amide bonds. The third kappa shape index (κ3) is 3.25. The maximum absolute atomic E-state index is 9.83. The quantitative estimate of drug-likeness (QED) is 0.680. The average Bonchev–Trinajstić information content (AvgIpc) is 2.29. The Morgan fingerprint density at radius 2 is 2.15 bits per heavy atom. The van der Waals surface area contributed by atoms with Gasteiger partial charge in [-0.3, -0.25) is 4.90 Å². The Hall–Kier alpha value is -0.120. The Morgan fingerprint density at radius 1 is 1.54 bits per heavy atom. The van der Waals surface area contributed by atoms with Crippen LogP contribution in [0.5, 0.6) is 0 Å². The van der Waals surface area contributed by atoms with Crippen LogP contribution in [0.4, 0.5) is 0 Å². The van der Waals surface area contributed by atoms with Gasteiger partial charge in [0.25, 0.3) is 0 Å². The molecule has 1 fully saturated rings. The molecular weight excluding hydrogens is 166 g/mol. The maximum atomic E-state index is 9.83. The van der Waals surface area contributed by atoms with Crippen LogP contribution in [0.3, 0.4) is 0 Å². The highest BCUT2D eigenvalue weighted by atomic mass is 16.3. The van der Waals surface area contributed by atoms with Gasteiger partial charge in [0.1, 0.15) is 0 Å². The molecule has 1 aliphatic heterocycles. The van der Waals surface area contributed by atoms with E-state index in [9.17, 15) is 10.2 Å². The summed E-state index contributed by atoms with van der Waals surface area (Å²) in [5.74, 6) is 0. The molecule has 0 bridgehead atoms. The van der Waals surface area contributed by atoms with Crippen molar-refractivity contribution >= 4 is 0 Å². The van der Waals surface area contributed by atoms with Gasteiger partial charge in [0.2, 0.25) is 0 Å². The molecule has 0 radical (unpaired) electrons. The van der Waals surface area contributed by atoms with Crippen molar-refractivity contribution in [2.45, 2.75) is 44.8 Å². The van der Waals surface area contributed by atoms with E-state index >= 15 is 0 Å². The fourth-order valence-electron chi connectivity index (χ4n) is 1.77. The fourth-order valence-corrected chi connectivity index (χ4v) is 1.77. The summed E-state index contributed by atoms with van der Waals surface area (Å²) in [5, 5.41) is 19.5. The maximum Gasteiger partial charge on any atom is 0.0758 e. The lowest BCUT2D eigenvalue weighted by Gasteiger charge is -2.28. The second-order valence-corrected chi connectivity index (χ2v) is 4.81. The van der Waals surface area contributed by atoms with Crippen molar-refractivity contribution in [3.63, 3.8) is 0 Å². The molecule has 13 heavy (non-hydrogen) atoms. The topological polar surface area (TPSA) is 43.7 Å². The van der Waals surface area contributed by atoms with E-state index in [0.29, 0.717) is 13.1 Å². The number of aliphatic hydroxyl groups is 2. The SMILES string of the molecule is CCC(C)(O)CN1CCC(C)(O)C1. The van der Waals surface area contributed by atoms with E-state index in [4.69, 9.17) is 0 Å². The standard InChI is InChI=1S/C10H21NO2/c1-4-9(2,12)7-11-6-5-10(3,13)8-11/h12-13H,4-8H2,1-3H3. The molecule has 0 saturated carbocycles. The van der Waals surface area contributed by atoms with E-state index in [1.807, 2.05) is 20.8 Å². The molecule has 2 unspecified atom stereocenters. The highest BCUT2D eigenvalue weighted by Crippen LogP contribution is 2.22. The molecule has 3 nitrogen and oxygen atoms in total. The minimum Gasteiger partial charge on any atom is -0.389 e. The van der Waals surface area contributed by atoms with E-state index in [2.05, 4.69) is 4.90 Å². The van der Waals surface area contributed by atoms with Gasteiger partial charge in [0.15, 0.2) is 0 Å². The first kappa shape index (κ1) is 11.0. The number of hydrogen-bond donors (Lipinski definition) is 2. The highest BCUT2D eigenvalue weighted by molar-refractivity contribution is 4.89. The molecule has 0 aromatic rings. The van der Waals surface area contributed by atoms with Crippen molar-refractivity contribution in [1.29, 1.82) is 0 Å². The van der Waals surface area contributed by atoms with E-state index in [1.54, 1.807) is 0 Å². The predicted molar refractivity (Wildman–Crippen MR) is 52.6 cm³/mol. The molecule has 1 heterocycles. The van der Waals surface area contributed by atoms with Crippen molar-refractivity contribution in [3.05, 3.63) is 0 Å². The summed E-state index contributed by atoms with van der Waals surface area (Å²) in [4.78, 5) is 2.13. The van der Waals surface area contributed by atoms with Crippen LogP contribution in [-0.2, 0) is 0 Å². The van der Waals surface area contributed by atoms with Crippen molar-refractivity contribution in [2.24, 2.45) is 0 Å². The molecule has 3 heteroatoms. The summed E-state index contributed by atoms with van der Waals surface area (Å²) in [6.45, 7) is 7.92. The monoisotopic (exact) mass is 187 g/mol. The van der Waals surface area contributed by atoms with Gasteiger partial charge in [0.05, 0.1) is 11.2 Å². The zero-order valence-corrected chi connectivity index (χ0v) is 8.88. The van der Waals surface area contributed by atoms with E-state index in [0.717, 1.165) is 19.4 Å². The molecule has 0 aliphatic carbocycles. The second-order valence-electron chi connectivity index (χ2n) is 4.81.